The first-order chi connectivity index (χ1) is 14.0. The monoisotopic (exact) mass is 452 g/mol. The number of nitrogens with one attached hydrogen (secondary N) is 1. The first-order valence-electron chi connectivity index (χ1n) is 9.69. The summed E-state index contributed by atoms with van der Waals surface area (Å²) in [4.78, 5) is 27.7. The van der Waals surface area contributed by atoms with Crippen molar-refractivity contribution in [3.8, 4) is 0 Å². The van der Waals surface area contributed by atoms with Gasteiger partial charge < -0.3 is 5.32 Å². The molecule has 0 saturated heterocycles. The second-order valence-electron chi connectivity index (χ2n) is 7.17. The van der Waals surface area contributed by atoms with E-state index in [-0.39, 0.29) is 23.7 Å². The summed E-state index contributed by atoms with van der Waals surface area (Å²) in [5.41, 5.74) is 1.17. The maximum absolute atomic E-state index is 13.4. The molecule has 1 aliphatic carbocycles. The van der Waals surface area contributed by atoms with Crippen molar-refractivity contribution in [1.29, 1.82) is 0 Å². The second kappa shape index (κ2) is 10.3. The fourth-order valence-electron chi connectivity index (χ4n) is 3.72. The topological polar surface area (TPSA) is 49.4 Å². The highest BCUT2D eigenvalue weighted by atomic mass is 35.5. The van der Waals surface area contributed by atoms with Crippen LogP contribution in [0.25, 0.3) is 0 Å². The van der Waals surface area contributed by atoms with E-state index in [1.165, 1.54) is 11.3 Å². The lowest BCUT2D eigenvalue weighted by Crippen LogP contribution is -2.47. The molecular formula is C22H23Cl3N2O2. The SMILES string of the molecule is O=C(NC1CCCCC1)C(c1ccc(Cl)cc1)N(C(=O)CCl)c1cccc(Cl)c1. The zero-order valence-corrected chi connectivity index (χ0v) is 18.2. The van der Waals surface area contributed by atoms with Crippen LogP contribution in [0.4, 0.5) is 5.69 Å². The van der Waals surface area contributed by atoms with Crippen molar-refractivity contribution in [3.63, 3.8) is 0 Å². The van der Waals surface area contributed by atoms with E-state index in [4.69, 9.17) is 34.8 Å². The predicted octanol–water partition coefficient (Wildman–Crippen LogP) is 5.76. The summed E-state index contributed by atoms with van der Waals surface area (Å²) < 4.78 is 0. The number of halogens is 3. The smallest absolute Gasteiger partial charge is 0.248 e. The van der Waals surface area contributed by atoms with Crippen LogP contribution in [-0.2, 0) is 9.59 Å². The lowest BCUT2D eigenvalue weighted by molar-refractivity contribution is -0.126. The van der Waals surface area contributed by atoms with Crippen molar-refractivity contribution in [2.75, 3.05) is 10.8 Å². The minimum atomic E-state index is -0.876. The van der Waals surface area contributed by atoms with Crippen molar-refractivity contribution in [2.45, 2.75) is 44.2 Å². The van der Waals surface area contributed by atoms with Gasteiger partial charge in [0.25, 0.3) is 0 Å². The number of rotatable bonds is 6. The van der Waals surface area contributed by atoms with Crippen molar-refractivity contribution in [2.24, 2.45) is 0 Å². The Hall–Kier alpha value is -1.75. The van der Waals surface area contributed by atoms with Gasteiger partial charge in [-0.15, -0.1) is 11.6 Å². The van der Waals surface area contributed by atoms with Crippen molar-refractivity contribution >= 4 is 52.3 Å². The fourth-order valence-corrected chi connectivity index (χ4v) is 4.16. The molecule has 4 nitrogen and oxygen atoms in total. The number of hydrogen-bond acceptors (Lipinski definition) is 2. The van der Waals surface area contributed by atoms with Gasteiger partial charge in [-0.05, 0) is 48.7 Å². The first kappa shape index (κ1) is 21.9. The molecule has 7 heteroatoms. The number of carbonyl (C=O) groups is 2. The lowest BCUT2D eigenvalue weighted by Gasteiger charge is -2.33. The quantitative estimate of drug-likeness (QED) is 0.566. The van der Waals surface area contributed by atoms with E-state index in [2.05, 4.69) is 5.32 Å². The molecule has 1 atom stereocenters. The van der Waals surface area contributed by atoms with Crippen LogP contribution in [-0.4, -0.2) is 23.7 Å². The molecule has 1 unspecified atom stereocenters. The third kappa shape index (κ3) is 5.65. The predicted molar refractivity (Wildman–Crippen MR) is 119 cm³/mol. The maximum Gasteiger partial charge on any atom is 0.248 e. The molecule has 0 radical (unpaired) electrons. The van der Waals surface area contributed by atoms with Crippen molar-refractivity contribution in [3.05, 3.63) is 64.1 Å². The van der Waals surface area contributed by atoms with Gasteiger partial charge in [0.05, 0.1) is 0 Å². The fraction of sp³-hybridized carbons (Fsp3) is 0.364. The summed E-state index contributed by atoms with van der Waals surface area (Å²) in [5, 5.41) is 4.16. The molecule has 2 amide bonds. The highest BCUT2D eigenvalue weighted by Gasteiger charge is 2.33. The van der Waals surface area contributed by atoms with E-state index >= 15 is 0 Å². The number of anilines is 1. The Bertz CT molecular complexity index is 851. The highest BCUT2D eigenvalue weighted by molar-refractivity contribution is 6.32. The van der Waals surface area contributed by atoms with E-state index in [1.54, 1.807) is 48.5 Å². The number of amides is 2. The molecule has 2 aromatic carbocycles. The summed E-state index contributed by atoms with van der Waals surface area (Å²) in [6.07, 6.45) is 5.26. The van der Waals surface area contributed by atoms with Crippen LogP contribution in [0.3, 0.4) is 0 Å². The summed E-state index contributed by atoms with van der Waals surface area (Å²) in [5.74, 6) is -0.877. The molecule has 0 aliphatic heterocycles. The molecule has 1 fully saturated rings. The van der Waals surface area contributed by atoms with Gasteiger partial charge in [-0.2, -0.15) is 0 Å². The van der Waals surface area contributed by atoms with Crippen LogP contribution in [0, 0.1) is 0 Å². The molecule has 1 N–H and O–H groups in total. The molecule has 1 aliphatic rings. The number of carbonyl (C=O) groups excluding carboxylic acids is 2. The van der Waals surface area contributed by atoms with E-state index in [9.17, 15) is 9.59 Å². The Morgan fingerprint density at radius 3 is 2.31 bits per heavy atom. The zero-order chi connectivity index (χ0) is 20.8. The molecule has 2 aromatic rings. The van der Waals surface area contributed by atoms with Gasteiger partial charge in [0.15, 0.2) is 0 Å². The van der Waals surface area contributed by atoms with Crippen molar-refractivity contribution in [1.82, 2.24) is 5.32 Å². The van der Waals surface area contributed by atoms with E-state index in [0.717, 1.165) is 25.7 Å². The Labute approximate surface area is 186 Å². The number of alkyl halides is 1. The van der Waals surface area contributed by atoms with Crippen LogP contribution in [0.1, 0.15) is 43.7 Å². The third-order valence-corrected chi connectivity index (χ3v) is 5.83. The molecule has 154 valence electrons. The van der Waals surface area contributed by atoms with Crippen LogP contribution < -0.4 is 10.2 Å². The second-order valence-corrected chi connectivity index (χ2v) is 8.31. The molecule has 0 heterocycles. The van der Waals surface area contributed by atoms with Gasteiger partial charge in [0, 0.05) is 21.8 Å². The largest absolute Gasteiger partial charge is 0.351 e. The van der Waals surface area contributed by atoms with E-state index < -0.39 is 6.04 Å². The molecule has 3 rings (SSSR count). The van der Waals surface area contributed by atoms with Crippen LogP contribution in [0.2, 0.25) is 10.0 Å². The molecule has 1 saturated carbocycles. The zero-order valence-electron chi connectivity index (χ0n) is 15.9. The minimum Gasteiger partial charge on any atom is -0.351 e. The number of nitrogens with zero attached hydrogens (tertiary/aromatic N) is 1. The van der Waals surface area contributed by atoms with Gasteiger partial charge in [-0.3, -0.25) is 14.5 Å². The summed E-state index contributed by atoms with van der Waals surface area (Å²) in [6.45, 7) is 0. The average Bonchev–Trinajstić information content (AvgIpc) is 2.73. The Balaban J connectivity index is 2.01. The lowest BCUT2D eigenvalue weighted by atomic mass is 9.94. The molecule has 29 heavy (non-hydrogen) atoms. The van der Waals surface area contributed by atoms with Gasteiger partial charge in [-0.1, -0.05) is 60.7 Å². The number of hydrogen-bond donors (Lipinski definition) is 1. The van der Waals surface area contributed by atoms with E-state index in [0.29, 0.717) is 21.3 Å². The molecule has 0 aromatic heterocycles. The highest BCUT2D eigenvalue weighted by Crippen LogP contribution is 2.31. The minimum absolute atomic E-state index is 0.110. The van der Waals surface area contributed by atoms with Crippen LogP contribution in [0.5, 0.6) is 0 Å². The third-order valence-electron chi connectivity index (χ3n) is 5.11. The average molecular weight is 454 g/mol. The molecular weight excluding hydrogens is 431 g/mol. The van der Waals surface area contributed by atoms with Crippen LogP contribution in [0.15, 0.2) is 48.5 Å². The summed E-state index contributed by atoms with van der Waals surface area (Å²) in [6, 6.07) is 13.0. The Morgan fingerprint density at radius 1 is 1.00 bits per heavy atom. The molecule has 0 spiro atoms. The van der Waals surface area contributed by atoms with E-state index in [1.807, 2.05) is 0 Å². The summed E-state index contributed by atoms with van der Waals surface area (Å²) >= 11 is 18.1. The normalized spacial score (nSPS) is 15.6. The van der Waals surface area contributed by atoms with Crippen molar-refractivity contribution < 1.29 is 9.59 Å². The van der Waals surface area contributed by atoms with Gasteiger partial charge in [0.1, 0.15) is 11.9 Å². The van der Waals surface area contributed by atoms with Gasteiger partial charge >= 0.3 is 0 Å². The van der Waals surface area contributed by atoms with Crippen LogP contribution >= 0.6 is 34.8 Å². The Kier molecular flexibility index (Phi) is 7.82. The summed E-state index contributed by atoms with van der Waals surface area (Å²) in [7, 11) is 0. The number of benzene rings is 2. The van der Waals surface area contributed by atoms with Gasteiger partial charge in [-0.25, -0.2) is 0 Å². The Morgan fingerprint density at radius 2 is 1.69 bits per heavy atom. The van der Waals surface area contributed by atoms with Gasteiger partial charge in [0.2, 0.25) is 11.8 Å². The standard InChI is InChI=1S/C22H23Cl3N2O2/c23-14-20(28)27(19-8-4-5-17(25)13-19)21(15-9-11-16(24)12-10-15)22(29)26-18-6-2-1-3-7-18/h4-5,8-13,18,21H,1-3,6-7,14H2,(H,26,29). The molecule has 0 bridgehead atoms. The first-order valence-corrected chi connectivity index (χ1v) is 11.0. The maximum atomic E-state index is 13.4.